The van der Waals surface area contributed by atoms with Gasteiger partial charge in [0.1, 0.15) is 5.75 Å². The molecule has 2 rings (SSSR count). The zero-order valence-corrected chi connectivity index (χ0v) is 15.5. The molecule has 0 fully saturated rings. The largest absolute Gasteiger partial charge is 0.497 e. The highest BCUT2D eigenvalue weighted by molar-refractivity contribution is 6.00. The van der Waals surface area contributed by atoms with Gasteiger partial charge in [0.05, 0.1) is 30.5 Å². The van der Waals surface area contributed by atoms with Crippen LogP contribution in [0.4, 0.5) is 10.5 Å². The molecule has 6 heteroatoms. The Morgan fingerprint density at radius 3 is 2.31 bits per heavy atom. The first-order valence-corrected chi connectivity index (χ1v) is 8.37. The number of ether oxygens (including phenoxy) is 2. The van der Waals surface area contributed by atoms with Crippen molar-refractivity contribution in [2.24, 2.45) is 0 Å². The number of esters is 1. The van der Waals surface area contributed by atoms with Crippen molar-refractivity contribution in [3.05, 3.63) is 59.7 Å². The van der Waals surface area contributed by atoms with Gasteiger partial charge in [0.2, 0.25) is 0 Å². The first-order chi connectivity index (χ1) is 12.4. The smallest absolute Gasteiger partial charge is 0.340 e. The first-order valence-electron chi connectivity index (χ1n) is 8.37. The van der Waals surface area contributed by atoms with Gasteiger partial charge in [-0.15, -0.1) is 0 Å². The molecule has 0 heterocycles. The van der Waals surface area contributed by atoms with E-state index in [1.165, 1.54) is 0 Å². The Morgan fingerprint density at radius 1 is 1.04 bits per heavy atom. The summed E-state index contributed by atoms with van der Waals surface area (Å²) in [6, 6.07) is 13.8. The van der Waals surface area contributed by atoms with Gasteiger partial charge in [-0.2, -0.15) is 0 Å². The van der Waals surface area contributed by atoms with Gasteiger partial charge in [0.25, 0.3) is 0 Å². The predicted molar refractivity (Wildman–Crippen MR) is 101 cm³/mol. The van der Waals surface area contributed by atoms with Crippen LogP contribution in [0.2, 0.25) is 0 Å². The molecule has 2 N–H and O–H groups in total. The predicted octanol–water partition coefficient (Wildman–Crippen LogP) is 3.93. The SMILES string of the molecule is CCOC(=O)c1ccccc1NC(=O)NC(C)(C)c1ccc(OC)cc1. The van der Waals surface area contributed by atoms with Crippen molar-refractivity contribution in [1.29, 1.82) is 0 Å². The first kappa shape index (κ1) is 19.3. The van der Waals surface area contributed by atoms with Gasteiger partial charge in [0.15, 0.2) is 0 Å². The fourth-order valence-electron chi connectivity index (χ4n) is 2.50. The number of rotatable bonds is 6. The van der Waals surface area contributed by atoms with Crippen LogP contribution in [-0.4, -0.2) is 25.7 Å². The molecule has 0 spiro atoms. The van der Waals surface area contributed by atoms with Gasteiger partial charge in [0, 0.05) is 0 Å². The zero-order chi connectivity index (χ0) is 19.2. The molecule has 0 atom stereocenters. The summed E-state index contributed by atoms with van der Waals surface area (Å²) in [6.07, 6.45) is 0. The molecule has 138 valence electrons. The summed E-state index contributed by atoms with van der Waals surface area (Å²) in [6.45, 7) is 5.79. The monoisotopic (exact) mass is 356 g/mol. The van der Waals surface area contributed by atoms with E-state index in [1.54, 1.807) is 38.3 Å². The summed E-state index contributed by atoms with van der Waals surface area (Å²) in [4.78, 5) is 24.5. The average molecular weight is 356 g/mol. The molecule has 0 saturated carbocycles. The minimum atomic E-state index is -0.616. The molecule has 0 bridgehead atoms. The number of anilines is 1. The molecule has 0 aliphatic heterocycles. The van der Waals surface area contributed by atoms with Crippen LogP contribution in [-0.2, 0) is 10.3 Å². The van der Waals surface area contributed by atoms with E-state index in [4.69, 9.17) is 9.47 Å². The topological polar surface area (TPSA) is 76.7 Å². The fourth-order valence-corrected chi connectivity index (χ4v) is 2.50. The van der Waals surface area contributed by atoms with Crippen molar-refractivity contribution in [3.63, 3.8) is 0 Å². The van der Waals surface area contributed by atoms with Gasteiger partial charge >= 0.3 is 12.0 Å². The van der Waals surface area contributed by atoms with Crippen molar-refractivity contribution in [1.82, 2.24) is 5.32 Å². The Morgan fingerprint density at radius 2 is 1.69 bits per heavy atom. The zero-order valence-electron chi connectivity index (χ0n) is 15.5. The van der Waals surface area contributed by atoms with E-state index in [2.05, 4.69) is 10.6 Å². The van der Waals surface area contributed by atoms with Crippen LogP contribution in [0.25, 0.3) is 0 Å². The molecule has 2 aromatic carbocycles. The highest BCUT2D eigenvalue weighted by Crippen LogP contribution is 2.23. The summed E-state index contributed by atoms with van der Waals surface area (Å²) in [7, 11) is 1.60. The minimum absolute atomic E-state index is 0.268. The van der Waals surface area contributed by atoms with Crippen LogP contribution in [0.1, 0.15) is 36.7 Å². The van der Waals surface area contributed by atoms with E-state index >= 15 is 0 Å². The van der Waals surface area contributed by atoms with Crippen LogP contribution in [0.5, 0.6) is 5.75 Å². The van der Waals surface area contributed by atoms with E-state index in [0.29, 0.717) is 11.3 Å². The Balaban J connectivity index is 2.11. The molecule has 0 saturated heterocycles. The Labute approximate surface area is 153 Å². The van der Waals surface area contributed by atoms with Crippen LogP contribution >= 0.6 is 0 Å². The van der Waals surface area contributed by atoms with Gasteiger partial charge in [-0.25, -0.2) is 9.59 Å². The summed E-state index contributed by atoms with van der Waals surface area (Å²) in [5.41, 5.74) is 1.02. The van der Waals surface area contributed by atoms with Gasteiger partial charge in [-0.3, -0.25) is 0 Å². The van der Waals surface area contributed by atoms with Gasteiger partial charge in [-0.05, 0) is 50.6 Å². The Hall–Kier alpha value is -3.02. The maximum Gasteiger partial charge on any atom is 0.340 e. The van der Waals surface area contributed by atoms with Crippen molar-refractivity contribution in [2.75, 3.05) is 19.0 Å². The molecular formula is C20H24N2O4. The van der Waals surface area contributed by atoms with E-state index in [0.717, 1.165) is 11.3 Å². The van der Waals surface area contributed by atoms with Crippen molar-refractivity contribution in [3.8, 4) is 5.75 Å². The second-order valence-electron chi connectivity index (χ2n) is 6.20. The van der Waals surface area contributed by atoms with Crippen molar-refractivity contribution in [2.45, 2.75) is 26.3 Å². The molecule has 2 amide bonds. The highest BCUT2D eigenvalue weighted by Gasteiger charge is 2.24. The summed E-state index contributed by atoms with van der Waals surface area (Å²) < 4.78 is 10.2. The van der Waals surface area contributed by atoms with Gasteiger partial charge in [-0.1, -0.05) is 24.3 Å². The molecule has 0 radical (unpaired) electrons. The van der Waals surface area contributed by atoms with Crippen LogP contribution in [0, 0.1) is 0 Å². The van der Waals surface area contributed by atoms with E-state index in [9.17, 15) is 9.59 Å². The normalized spacial score (nSPS) is 10.8. The maximum atomic E-state index is 12.5. The highest BCUT2D eigenvalue weighted by atomic mass is 16.5. The summed E-state index contributed by atoms with van der Waals surface area (Å²) >= 11 is 0. The molecule has 0 aromatic heterocycles. The standard InChI is InChI=1S/C20H24N2O4/c1-5-26-18(23)16-8-6-7-9-17(16)21-19(24)22-20(2,3)14-10-12-15(25-4)13-11-14/h6-13H,5H2,1-4H3,(H2,21,22,24). The lowest BCUT2D eigenvalue weighted by Gasteiger charge is -2.27. The number of methoxy groups -OCH3 is 1. The second-order valence-corrected chi connectivity index (χ2v) is 6.20. The van der Waals surface area contributed by atoms with Crippen LogP contribution in [0.15, 0.2) is 48.5 Å². The van der Waals surface area contributed by atoms with E-state index < -0.39 is 17.5 Å². The van der Waals surface area contributed by atoms with E-state index in [1.807, 2.05) is 38.1 Å². The number of urea groups is 1. The number of hydrogen-bond donors (Lipinski definition) is 2. The molecule has 0 unspecified atom stereocenters. The third-order valence-corrected chi connectivity index (χ3v) is 3.91. The van der Waals surface area contributed by atoms with Crippen LogP contribution < -0.4 is 15.4 Å². The molecule has 6 nitrogen and oxygen atoms in total. The lowest BCUT2D eigenvalue weighted by Crippen LogP contribution is -2.43. The molecule has 0 aliphatic rings. The number of para-hydroxylation sites is 1. The fraction of sp³-hybridized carbons (Fsp3) is 0.300. The number of carbonyl (C=O) groups excluding carboxylic acids is 2. The molecule has 26 heavy (non-hydrogen) atoms. The quantitative estimate of drug-likeness (QED) is 0.769. The summed E-state index contributed by atoms with van der Waals surface area (Å²) in [5, 5.41) is 5.64. The second kappa shape index (κ2) is 8.38. The third-order valence-electron chi connectivity index (χ3n) is 3.91. The van der Waals surface area contributed by atoms with Gasteiger partial charge < -0.3 is 20.1 Å². The number of nitrogens with one attached hydrogen (secondary N) is 2. The number of carbonyl (C=O) groups is 2. The van der Waals surface area contributed by atoms with Crippen LogP contribution in [0.3, 0.4) is 0 Å². The minimum Gasteiger partial charge on any atom is -0.497 e. The third kappa shape index (κ3) is 4.75. The average Bonchev–Trinajstić information content (AvgIpc) is 2.62. The number of hydrogen-bond acceptors (Lipinski definition) is 4. The number of benzene rings is 2. The molecule has 0 aliphatic carbocycles. The summed E-state index contributed by atoms with van der Waals surface area (Å²) in [5.74, 6) is 0.273. The Bertz CT molecular complexity index is 770. The maximum absolute atomic E-state index is 12.5. The van der Waals surface area contributed by atoms with Crippen molar-refractivity contribution >= 4 is 17.7 Å². The lowest BCUT2D eigenvalue weighted by atomic mass is 9.94. The Kier molecular flexibility index (Phi) is 6.22. The number of amides is 2. The molecule has 2 aromatic rings. The lowest BCUT2D eigenvalue weighted by molar-refractivity contribution is 0.0527. The van der Waals surface area contributed by atoms with E-state index in [-0.39, 0.29) is 6.61 Å². The molecular weight excluding hydrogens is 332 g/mol. The van der Waals surface area contributed by atoms with Crippen molar-refractivity contribution < 1.29 is 19.1 Å².